The van der Waals surface area contributed by atoms with Crippen molar-refractivity contribution in [1.82, 2.24) is 4.98 Å². The first kappa shape index (κ1) is 12.9. The average molecular weight is 297 g/mol. The smallest absolute Gasteiger partial charge is 0.129 e. The van der Waals surface area contributed by atoms with Crippen molar-refractivity contribution in [3.63, 3.8) is 0 Å². The van der Waals surface area contributed by atoms with Gasteiger partial charge in [0.1, 0.15) is 5.82 Å². The molecular formula is C14H21BrN2. The molecule has 1 saturated heterocycles. The van der Waals surface area contributed by atoms with Crippen LogP contribution in [0.25, 0.3) is 0 Å². The molecule has 3 unspecified atom stereocenters. The Kier molecular flexibility index (Phi) is 3.76. The minimum atomic E-state index is 0.583. The Hall–Kier alpha value is -0.570. The quantitative estimate of drug-likeness (QED) is 0.778. The molecule has 2 nitrogen and oxygen atoms in total. The number of pyridine rings is 1. The minimum absolute atomic E-state index is 0.583. The number of nitrogens with zero attached hydrogens (tertiary/aromatic N) is 2. The summed E-state index contributed by atoms with van der Waals surface area (Å²) in [6, 6.07) is 4.81. The van der Waals surface area contributed by atoms with E-state index in [9.17, 15) is 0 Å². The highest BCUT2D eigenvalue weighted by Crippen LogP contribution is 2.31. The van der Waals surface area contributed by atoms with Gasteiger partial charge in [-0.15, -0.1) is 0 Å². The van der Waals surface area contributed by atoms with E-state index in [4.69, 9.17) is 4.98 Å². The summed E-state index contributed by atoms with van der Waals surface area (Å²) in [6.45, 7) is 10.2. The molecule has 2 heterocycles. The first-order valence-corrected chi connectivity index (χ1v) is 7.18. The molecule has 0 amide bonds. The van der Waals surface area contributed by atoms with Crippen LogP contribution >= 0.6 is 15.9 Å². The number of halogens is 1. The molecule has 0 N–H and O–H groups in total. The summed E-state index contributed by atoms with van der Waals surface area (Å²) in [5.74, 6) is 2.62. The van der Waals surface area contributed by atoms with Crippen LogP contribution in [0.1, 0.15) is 32.9 Å². The molecule has 0 aromatic carbocycles. The zero-order valence-electron chi connectivity index (χ0n) is 11.1. The second-order valence-electron chi connectivity index (χ2n) is 5.45. The third kappa shape index (κ3) is 2.65. The van der Waals surface area contributed by atoms with Gasteiger partial charge >= 0.3 is 0 Å². The Morgan fingerprint density at radius 3 is 2.65 bits per heavy atom. The van der Waals surface area contributed by atoms with Gasteiger partial charge in [-0.2, -0.15) is 0 Å². The lowest BCUT2D eigenvalue weighted by molar-refractivity contribution is 0.295. The summed E-state index contributed by atoms with van der Waals surface area (Å²) in [5.41, 5.74) is 1.07. The Labute approximate surface area is 113 Å². The molecule has 3 atom stereocenters. The van der Waals surface area contributed by atoms with Gasteiger partial charge in [-0.05, 0) is 60.2 Å². The molecule has 1 aromatic heterocycles. The molecule has 17 heavy (non-hydrogen) atoms. The van der Waals surface area contributed by atoms with Crippen LogP contribution in [-0.4, -0.2) is 17.6 Å². The molecule has 1 fully saturated rings. The van der Waals surface area contributed by atoms with E-state index in [1.54, 1.807) is 0 Å². The third-order valence-corrected chi connectivity index (χ3v) is 4.74. The minimum Gasteiger partial charge on any atom is -0.353 e. The number of hydrogen-bond donors (Lipinski definition) is 0. The first-order valence-electron chi connectivity index (χ1n) is 6.39. The van der Waals surface area contributed by atoms with Crippen LogP contribution in [0.15, 0.2) is 16.6 Å². The van der Waals surface area contributed by atoms with Crippen LogP contribution in [-0.2, 0) is 0 Å². The van der Waals surface area contributed by atoms with Crippen LogP contribution in [0, 0.1) is 18.8 Å². The fourth-order valence-corrected chi connectivity index (χ4v) is 2.93. The van der Waals surface area contributed by atoms with Crippen LogP contribution in [0.5, 0.6) is 0 Å². The summed E-state index contributed by atoms with van der Waals surface area (Å²) in [6.07, 6.45) is 1.33. The number of piperidine rings is 1. The Morgan fingerprint density at radius 1 is 1.29 bits per heavy atom. The second kappa shape index (κ2) is 4.97. The first-order chi connectivity index (χ1) is 7.99. The van der Waals surface area contributed by atoms with E-state index >= 15 is 0 Å². The number of hydrogen-bond acceptors (Lipinski definition) is 2. The number of aryl methyl sites for hydroxylation is 1. The van der Waals surface area contributed by atoms with Gasteiger partial charge in [-0.3, -0.25) is 0 Å². The van der Waals surface area contributed by atoms with Crippen molar-refractivity contribution in [2.75, 3.05) is 11.4 Å². The van der Waals surface area contributed by atoms with Crippen LogP contribution in [0.4, 0.5) is 5.82 Å². The molecule has 2 rings (SSSR count). The summed E-state index contributed by atoms with van der Waals surface area (Å²) in [4.78, 5) is 7.15. The molecule has 0 radical (unpaired) electrons. The number of aromatic nitrogens is 1. The predicted octanol–water partition coefficient (Wildman–Crippen LogP) is 4.02. The van der Waals surface area contributed by atoms with Gasteiger partial charge in [0.15, 0.2) is 0 Å². The normalized spacial score (nSPS) is 29.5. The largest absolute Gasteiger partial charge is 0.353 e. The molecule has 1 aliphatic rings. The van der Waals surface area contributed by atoms with Gasteiger partial charge in [-0.1, -0.05) is 13.8 Å². The van der Waals surface area contributed by atoms with Crippen LogP contribution in [0.3, 0.4) is 0 Å². The van der Waals surface area contributed by atoms with E-state index in [0.29, 0.717) is 6.04 Å². The molecule has 0 saturated carbocycles. The van der Waals surface area contributed by atoms with E-state index in [1.165, 1.54) is 6.42 Å². The maximum absolute atomic E-state index is 4.69. The molecule has 0 spiro atoms. The number of rotatable bonds is 1. The summed E-state index contributed by atoms with van der Waals surface area (Å²) in [5, 5.41) is 0. The lowest BCUT2D eigenvalue weighted by Gasteiger charge is -2.42. The lowest BCUT2D eigenvalue weighted by Crippen LogP contribution is -2.46. The summed E-state index contributed by atoms with van der Waals surface area (Å²) in [7, 11) is 0. The zero-order chi connectivity index (χ0) is 12.6. The average Bonchev–Trinajstić information content (AvgIpc) is 2.27. The van der Waals surface area contributed by atoms with E-state index in [2.05, 4.69) is 60.7 Å². The molecule has 1 aliphatic heterocycles. The Morgan fingerprint density at radius 2 is 2.00 bits per heavy atom. The van der Waals surface area contributed by atoms with E-state index in [1.807, 2.05) is 0 Å². The van der Waals surface area contributed by atoms with Crippen LogP contribution < -0.4 is 4.90 Å². The lowest BCUT2D eigenvalue weighted by atomic mass is 9.86. The van der Waals surface area contributed by atoms with E-state index in [0.717, 1.165) is 34.4 Å². The highest BCUT2D eigenvalue weighted by Gasteiger charge is 2.29. The fraction of sp³-hybridized carbons (Fsp3) is 0.643. The van der Waals surface area contributed by atoms with E-state index < -0.39 is 0 Å². The maximum atomic E-state index is 4.69. The van der Waals surface area contributed by atoms with Crippen molar-refractivity contribution < 1.29 is 0 Å². The second-order valence-corrected chi connectivity index (χ2v) is 6.30. The van der Waals surface area contributed by atoms with Gasteiger partial charge in [0, 0.05) is 17.1 Å². The predicted molar refractivity (Wildman–Crippen MR) is 76.4 cm³/mol. The zero-order valence-corrected chi connectivity index (χ0v) is 12.7. The molecule has 0 aliphatic carbocycles. The van der Waals surface area contributed by atoms with Gasteiger partial charge in [0.05, 0.1) is 5.69 Å². The molecule has 0 bridgehead atoms. The highest BCUT2D eigenvalue weighted by atomic mass is 79.9. The number of anilines is 1. The van der Waals surface area contributed by atoms with Crippen molar-refractivity contribution in [2.45, 2.75) is 40.2 Å². The standard InChI is InChI=1S/C14H21BrN2/c1-9-7-10(2)12(4)17(8-9)14-6-5-13(15)11(3)16-14/h5-6,9-10,12H,7-8H2,1-4H3. The SMILES string of the molecule is Cc1nc(N2CC(C)CC(C)C2C)ccc1Br. The Bertz CT molecular complexity index is 405. The molecule has 1 aromatic rings. The van der Waals surface area contributed by atoms with Gasteiger partial charge in [0.25, 0.3) is 0 Å². The van der Waals surface area contributed by atoms with Crippen molar-refractivity contribution in [2.24, 2.45) is 11.8 Å². The molecule has 94 valence electrons. The van der Waals surface area contributed by atoms with Gasteiger partial charge < -0.3 is 4.90 Å². The van der Waals surface area contributed by atoms with E-state index in [-0.39, 0.29) is 0 Å². The fourth-order valence-electron chi connectivity index (χ4n) is 2.71. The van der Waals surface area contributed by atoms with Crippen molar-refractivity contribution >= 4 is 21.7 Å². The monoisotopic (exact) mass is 296 g/mol. The van der Waals surface area contributed by atoms with Crippen molar-refractivity contribution in [1.29, 1.82) is 0 Å². The topological polar surface area (TPSA) is 16.1 Å². The van der Waals surface area contributed by atoms with Crippen molar-refractivity contribution in [3.05, 3.63) is 22.3 Å². The van der Waals surface area contributed by atoms with Crippen molar-refractivity contribution in [3.8, 4) is 0 Å². The van der Waals surface area contributed by atoms with Gasteiger partial charge in [0.2, 0.25) is 0 Å². The Balaban J connectivity index is 2.28. The third-order valence-electron chi connectivity index (χ3n) is 3.90. The molecule has 3 heteroatoms. The molecular weight excluding hydrogens is 276 g/mol. The van der Waals surface area contributed by atoms with Crippen LogP contribution in [0.2, 0.25) is 0 Å². The summed E-state index contributed by atoms with van der Waals surface area (Å²) >= 11 is 3.51. The highest BCUT2D eigenvalue weighted by molar-refractivity contribution is 9.10. The maximum Gasteiger partial charge on any atom is 0.129 e. The van der Waals surface area contributed by atoms with Gasteiger partial charge in [-0.25, -0.2) is 4.98 Å². The summed E-state index contributed by atoms with van der Waals surface area (Å²) < 4.78 is 1.09.